The van der Waals surface area contributed by atoms with E-state index in [1.807, 2.05) is 24.3 Å². The first-order valence-corrected chi connectivity index (χ1v) is 7.13. The minimum Gasteiger partial charge on any atom is -0.497 e. The van der Waals surface area contributed by atoms with Crippen molar-refractivity contribution in [2.24, 2.45) is 0 Å². The first kappa shape index (κ1) is 16.6. The van der Waals surface area contributed by atoms with Crippen LogP contribution in [0.3, 0.4) is 0 Å². The Morgan fingerprint density at radius 2 is 1.83 bits per heavy atom. The van der Waals surface area contributed by atoms with E-state index in [9.17, 15) is 9.18 Å². The Kier molecular flexibility index (Phi) is 5.80. The standard InChI is InChI=1S/C17H19FN2O3/c1-22-14-6-3-12(4-7-14)9-10-19-17(21)20-13-5-8-16(23-2)15(18)11-13/h3-8,11H,9-10H2,1-2H3,(H2,19,20,21). The molecular formula is C17H19FN2O3. The van der Waals surface area contributed by atoms with E-state index in [0.717, 1.165) is 11.3 Å². The Hall–Kier alpha value is -2.76. The number of ether oxygens (including phenoxy) is 2. The molecule has 0 radical (unpaired) electrons. The minimum atomic E-state index is -0.525. The number of benzene rings is 2. The number of hydrogen-bond donors (Lipinski definition) is 2. The van der Waals surface area contributed by atoms with Gasteiger partial charge in [-0.2, -0.15) is 0 Å². The summed E-state index contributed by atoms with van der Waals surface area (Å²) in [7, 11) is 3.00. The van der Waals surface area contributed by atoms with Gasteiger partial charge in [0, 0.05) is 18.3 Å². The van der Waals surface area contributed by atoms with E-state index < -0.39 is 5.82 Å². The molecule has 0 saturated carbocycles. The lowest BCUT2D eigenvalue weighted by Gasteiger charge is -2.09. The second kappa shape index (κ2) is 8.03. The van der Waals surface area contributed by atoms with Gasteiger partial charge in [0.25, 0.3) is 0 Å². The first-order chi connectivity index (χ1) is 11.1. The molecule has 0 spiro atoms. The first-order valence-electron chi connectivity index (χ1n) is 7.13. The zero-order valence-electron chi connectivity index (χ0n) is 13.1. The summed E-state index contributed by atoms with van der Waals surface area (Å²) in [5, 5.41) is 5.29. The fraction of sp³-hybridized carbons (Fsp3) is 0.235. The van der Waals surface area contributed by atoms with Crippen molar-refractivity contribution in [3.63, 3.8) is 0 Å². The average Bonchev–Trinajstić information content (AvgIpc) is 2.55. The van der Waals surface area contributed by atoms with Crippen molar-refractivity contribution in [3.05, 3.63) is 53.8 Å². The molecule has 2 aromatic carbocycles. The molecule has 0 aliphatic heterocycles. The Morgan fingerprint density at radius 1 is 1.09 bits per heavy atom. The highest BCUT2D eigenvalue weighted by atomic mass is 19.1. The molecule has 122 valence electrons. The number of urea groups is 1. The van der Waals surface area contributed by atoms with Crippen molar-refractivity contribution in [1.29, 1.82) is 0 Å². The molecule has 6 heteroatoms. The molecule has 0 aliphatic rings. The highest BCUT2D eigenvalue weighted by Gasteiger charge is 2.06. The molecule has 0 unspecified atom stereocenters. The Balaban J connectivity index is 1.79. The summed E-state index contributed by atoms with van der Waals surface area (Å²) in [6.07, 6.45) is 0.689. The normalized spacial score (nSPS) is 10.0. The summed E-state index contributed by atoms with van der Waals surface area (Å²) in [6, 6.07) is 11.5. The SMILES string of the molecule is COc1ccc(CCNC(=O)Nc2ccc(OC)c(F)c2)cc1. The van der Waals surface area contributed by atoms with Crippen LogP contribution < -0.4 is 20.1 Å². The molecule has 0 atom stereocenters. The monoisotopic (exact) mass is 318 g/mol. The predicted molar refractivity (Wildman–Crippen MR) is 86.7 cm³/mol. The highest BCUT2D eigenvalue weighted by molar-refractivity contribution is 5.89. The third kappa shape index (κ3) is 4.88. The van der Waals surface area contributed by atoms with Gasteiger partial charge in [-0.3, -0.25) is 0 Å². The maximum absolute atomic E-state index is 13.5. The van der Waals surface area contributed by atoms with Gasteiger partial charge < -0.3 is 20.1 Å². The van der Waals surface area contributed by atoms with Crippen molar-refractivity contribution in [2.45, 2.75) is 6.42 Å². The molecular weight excluding hydrogens is 299 g/mol. The third-order valence-corrected chi connectivity index (χ3v) is 3.27. The summed E-state index contributed by atoms with van der Waals surface area (Å²) in [4.78, 5) is 11.8. The van der Waals surface area contributed by atoms with Crippen LogP contribution in [-0.4, -0.2) is 26.8 Å². The van der Waals surface area contributed by atoms with E-state index >= 15 is 0 Å². The van der Waals surface area contributed by atoms with Gasteiger partial charge in [0.1, 0.15) is 5.75 Å². The van der Waals surface area contributed by atoms with Crippen molar-refractivity contribution < 1.29 is 18.7 Å². The molecule has 0 fully saturated rings. The minimum absolute atomic E-state index is 0.135. The number of anilines is 1. The van der Waals surface area contributed by atoms with Crippen LogP contribution >= 0.6 is 0 Å². The van der Waals surface area contributed by atoms with Crippen LogP contribution in [0.25, 0.3) is 0 Å². The van der Waals surface area contributed by atoms with E-state index in [0.29, 0.717) is 18.7 Å². The number of amides is 2. The van der Waals surface area contributed by atoms with Crippen molar-refractivity contribution in [3.8, 4) is 11.5 Å². The number of nitrogens with one attached hydrogen (secondary N) is 2. The Labute approximate surface area is 134 Å². The summed E-state index contributed by atoms with van der Waals surface area (Å²) in [5.74, 6) is 0.403. The topological polar surface area (TPSA) is 59.6 Å². The molecule has 2 aromatic rings. The van der Waals surface area contributed by atoms with Gasteiger partial charge in [0.2, 0.25) is 0 Å². The summed E-state index contributed by atoms with van der Waals surface area (Å²) >= 11 is 0. The zero-order chi connectivity index (χ0) is 16.7. The molecule has 0 bridgehead atoms. The largest absolute Gasteiger partial charge is 0.497 e. The third-order valence-electron chi connectivity index (χ3n) is 3.27. The quantitative estimate of drug-likeness (QED) is 0.860. The number of halogens is 1. The molecule has 0 heterocycles. The van der Waals surface area contributed by atoms with Gasteiger partial charge in [-0.05, 0) is 36.2 Å². The van der Waals surface area contributed by atoms with Crippen molar-refractivity contribution >= 4 is 11.7 Å². The zero-order valence-corrected chi connectivity index (χ0v) is 13.1. The predicted octanol–water partition coefficient (Wildman–Crippen LogP) is 3.21. The van der Waals surface area contributed by atoms with Crippen LogP contribution in [0.5, 0.6) is 11.5 Å². The number of rotatable bonds is 6. The second-order valence-corrected chi connectivity index (χ2v) is 4.83. The van der Waals surface area contributed by atoms with Gasteiger partial charge in [0.15, 0.2) is 11.6 Å². The Morgan fingerprint density at radius 3 is 2.43 bits per heavy atom. The molecule has 0 aliphatic carbocycles. The average molecular weight is 318 g/mol. The molecule has 5 nitrogen and oxygen atoms in total. The van der Waals surface area contributed by atoms with E-state index in [1.54, 1.807) is 13.2 Å². The van der Waals surface area contributed by atoms with Gasteiger partial charge in [-0.25, -0.2) is 9.18 Å². The van der Waals surface area contributed by atoms with Crippen LogP contribution in [0.15, 0.2) is 42.5 Å². The van der Waals surface area contributed by atoms with Crippen LogP contribution in [0.1, 0.15) is 5.56 Å². The van der Waals surface area contributed by atoms with E-state index in [-0.39, 0.29) is 11.8 Å². The lowest BCUT2D eigenvalue weighted by molar-refractivity contribution is 0.252. The van der Waals surface area contributed by atoms with Gasteiger partial charge in [-0.1, -0.05) is 12.1 Å². The number of carbonyl (C=O) groups is 1. The maximum Gasteiger partial charge on any atom is 0.319 e. The maximum atomic E-state index is 13.5. The van der Waals surface area contributed by atoms with Crippen LogP contribution in [0.4, 0.5) is 14.9 Å². The smallest absolute Gasteiger partial charge is 0.319 e. The van der Waals surface area contributed by atoms with Crippen LogP contribution in [-0.2, 0) is 6.42 Å². The van der Waals surface area contributed by atoms with Crippen LogP contribution in [0, 0.1) is 5.82 Å². The van der Waals surface area contributed by atoms with Crippen molar-refractivity contribution in [2.75, 3.05) is 26.1 Å². The fourth-order valence-electron chi connectivity index (χ4n) is 2.03. The van der Waals surface area contributed by atoms with Crippen LogP contribution in [0.2, 0.25) is 0 Å². The Bertz CT molecular complexity index is 659. The molecule has 23 heavy (non-hydrogen) atoms. The molecule has 2 N–H and O–H groups in total. The summed E-state index contributed by atoms with van der Waals surface area (Å²) in [5.41, 5.74) is 1.45. The van der Waals surface area contributed by atoms with Crippen molar-refractivity contribution in [1.82, 2.24) is 5.32 Å². The summed E-state index contributed by atoms with van der Waals surface area (Å²) in [6.45, 7) is 0.469. The van der Waals surface area contributed by atoms with E-state index in [2.05, 4.69) is 10.6 Å². The van der Waals surface area contributed by atoms with Gasteiger partial charge in [0.05, 0.1) is 14.2 Å². The molecule has 2 amide bonds. The lowest BCUT2D eigenvalue weighted by Crippen LogP contribution is -2.30. The summed E-state index contributed by atoms with van der Waals surface area (Å²) < 4.78 is 23.4. The van der Waals surface area contributed by atoms with E-state index in [4.69, 9.17) is 9.47 Å². The molecule has 0 aromatic heterocycles. The highest BCUT2D eigenvalue weighted by Crippen LogP contribution is 2.20. The number of hydrogen-bond acceptors (Lipinski definition) is 3. The second-order valence-electron chi connectivity index (χ2n) is 4.83. The van der Waals surface area contributed by atoms with E-state index in [1.165, 1.54) is 19.2 Å². The molecule has 2 rings (SSSR count). The van der Waals surface area contributed by atoms with Gasteiger partial charge >= 0.3 is 6.03 Å². The molecule has 0 saturated heterocycles. The number of carbonyl (C=O) groups excluding carboxylic acids is 1. The fourth-order valence-corrected chi connectivity index (χ4v) is 2.03. The van der Waals surface area contributed by atoms with Gasteiger partial charge in [-0.15, -0.1) is 0 Å². The lowest BCUT2D eigenvalue weighted by atomic mass is 10.1. The number of methoxy groups -OCH3 is 2.